The maximum Gasteiger partial charge on any atom is 0.263 e. The molecule has 4 nitrogen and oxygen atoms in total. The smallest absolute Gasteiger partial charge is 0.263 e. The second-order valence-corrected chi connectivity index (χ2v) is 7.17. The average molecular weight is 388 g/mol. The summed E-state index contributed by atoms with van der Waals surface area (Å²) in [4.78, 5) is 4.16. The van der Waals surface area contributed by atoms with Gasteiger partial charge < -0.3 is 0 Å². The third-order valence-corrected chi connectivity index (χ3v) is 4.83. The van der Waals surface area contributed by atoms with Crippen LogP contribution in [0.3, 0.4) is 0 Å². The number of nitrogens with one attached hydrogen (secondary N) is 1. The molecule has 2 rings (SSSR count). The molecule has 0 aliphatic carbocycles. The van der Waals surface area contributed by atoms with Crippen molar-refractivity contribution in [1.82, 2.24) is 4.72 Å². The van der Waals surface area contributed by atoms with Crippen LogP contribution in [0.25, 0.3) is 0 Å². The molecule has 110 valence electrons. The first-order valence-electron chi connectivity index (χ1n) is 5.93. The van der Waals surface area contributed by atoms with E-state index in [0.29, 0.717) is 10.6 Å². The lowest BCUT2D eigenvalue weighted by Gasteiger charge is -2.10. The summed E-state index contributed by atoms with van der Waals surface area (Å²) in [7, 11) is -2.16. The Morgan fingerprint density at radius 2 is 1.67 bits per heavy atom. The number of hydrogen-bond acceptors (Lipinski definition) is 3. The average Bonchev–Trinajstić information content (AvgIpc) is 2.46. The topological polar surface area (TPSA) is 58.5 Å². The molecule has 2 aromatic carbocycles. The van der Waals surface area contributed by atoms with E-state index in [1.54, 1.807) is 36.4 Å². The van der Waals surface area contributed by atoms with Gasteiger partial charge in [0.15, 0.2) is 0 Å². The second-order valence-electron chi connectivity index (χ2n) is 4.14. The molecule has 0 aliphatic heterocycles. The SMILES string of the molecule is CN=C(NS(=O)(=O)c1ccc(Br)cc1)c1ccc(Cl)cc1. The first-order valence-corrected chi connectivity index (χ1v) is 8.59. The predicted molar refractivity (Wildman–Crippen MR) is 88.4 cm³/mol. The summed E-state index contributed by atoms with van der Waals surface area (Å²) < 4.78 is 27.9. The molecule has 0 atom stereocenters. The summed E-state index contributed by atoms with van der Waals surface area (Å²) in [6, 6.07) is 13.1. The van der Waals surface area contributed by atoms with Crippen molar-refractivity contribution < 1.29 is 8.42 Å². The van der Waals surface area contributed by atoms with Crippen molar-refractivity contribution in [3.63, 3.8) is 0 Å². The van der Waals surface area contributed by atoms with Gasteiger partial charge in [-0.2, -0.15) is 0 Å². The van der Waals surface area contributed by atoms with Gasteiger partial charge in [0, 0.05) is 22.1 Å². The van der Waals surface area contributed by atoms with Crippen LogP contribution < -0.4 is 4.72 Å². The Labute approximate surface area is 137 Å². The monoisotopic (exact) mass is 386 g/mol. The molecule has 0 aromatic heterocycles. The lowest BCUT2D eigenvalue weighted by Crippen LogP contribution is -2.31. The molecule has 1 N–H and O–H groups in total. The second kappa shape index (κ2) is 6.60. The molecule has 0 amide bonds. The third-order valence-electron chi connectivity index (χ3n) is 2.70. The zero-order valence-electron chi connectivity index (χ0n) is 11.0. The Bertz CT molecular complexity index is 757. The van der Waals surface area contributed by atoms with E-state index in [1.807, 2.05) is 0 Å². The van der Waals surface area contributed by atoms with Crippen LogP contribution in [-0.4, -0.2) is 21.3 Å². The van der Waals surface area contributed by atoms with Crippen LogP contribution in [-0.2, 0) is 10.0 Å². The molecule has 2 aromatic rings. The Balaban J connectivity index is 2.29. The number of benzene rings is 2. The van der Waals surface area contributed by atoms with Gasteiger partial charge in [0.05, 0.1) is 4.90 Å². The minimum absolute atomic E-state index is 0.167. The third kappa shape index (κ3) is 4.06. The molecular weight excluding hydrogens is 376 g/mol. The van der Waals surface area contributed by atoms with Crippen LogP contribution in [0.1, 0.15) is 5.56 Å². The fourth-order valence-corrected chi connectivity index (χ4v) is 3.11. The Hall–Kier alpha value is -1.37. The minimum atomic E-state index is -3.68. The summed E-state index contributed by atoms with van der Waals surface area (Å²) >= 11 is 9.09. The Morgan fingerprint density at radius 1 is 1.10 bits per heavy atom. The minimum Gasteiger partial charge on any atom is -0.271 e. The lowest BCUT2D eigenvalue weighted by molar-refractivity contribution is 0.592. The normalized spacial score (nSPS) is 12.2. The van der Waals surface area contributed by atoms with Crippen molar-refractivity contribution in [2.45, 2.75) is 4.90 Å². The van der Waals surface area contributed by atoms with Crippen LogP contribution in [0.4, 0.5) is 0 Å². The van der Waals surface area contributed by atoms with Crippen molar-refractivity contribution in [3.05, 3.63) is 63.6 Å². The summed E-state index contributed by atoms with van der Waals surface area (Å²) in [6.45, 7) is 0. The van der Waals surface area contributed by atoms with E-state index in [1.165, 1.54) is 19.2 Å². The van der Waals surface area contributed by atoms with E-state index in [4.69, 9.17) is 11.6 Å². The summed E-state index contributed by atoms with van der Waals surface area (Å²) in [5, 5.41) is 0.574. The molecule has 0 fully saturated rings. The van der Waals surface area contributed by atoms with E-state index < -0.39 is 10.0 Å². The van der Waals surface area contributed by atoms with Crippen LogP contribution in [0.15, 0.2) is 62.9 Å². The molecule has 21 heavy (non-hydrogen) atoms. The molecule has 0 spiro atoms. The van der Waals surface area contributed by atoms with E-state index in [-0.39, 0.29) is 10.7 Å². The number of hydrogen-bond donors (Lipinski definition) is 1. The molecule has 0 radical (unpaired) electrons. The quantitative estimate of drug-likeness (QED) is 0.648. The maximum atomic E-state index is 12.3. The Kier molecular flexibility index (Phi) is 5.03. The zero-order chi connectivity index (χ0) is 15.5. The van der Waals surface area contributed by atoms with Crippen LogP contribution in [0.5, 0.6) is 0 Å². The van der Waals surface area contributed by atoms with E-state index in [9.17, 15) is 8.42 Å². The lowest BCUT2D eigenvalue weighted by atomic mass is 10.2. The number of nitrogens with zero attached hydrogens (tertiary/aromatic N) is 1. The maximum absolute atomic E-state index is 12.3. The van der Waals surface area contributed by atoms with E-state index >= 15 is 0 Å². The first kappa shape index (κ1) is 16.0. The number of amidine groups is 1. The molecule has 0 saturated carbocycles. The largest absolute Gasteiger partial charge is 0.271 e. The van der Waals surface area contributed by atoms with Gasteiger partial charge in [-0.25, -0.2) is 8.42 Å². The first-order chi connectivity index (χ1) is 9.92. The van der Waals surface area contributed by atoms with Gasteiger partial charge in [0.2, 0.25) is 0 Å². The highest BCUT2D eigenvalue weighted by Crippen LogP contribution is 2.15. The number of aliphatic imine (C=N–C) groups is 1. The van der Waals surface area contributed by atoms with Gasteiger partial charge in [0.1, 0.15) is 5.84 Å². The zero-order valence-corrected chi connectivity index (χ0v) is 14.2. The summed E-state index contributed by atoms with van der Waals surface area (Å²) in [6.07, 6.45) is 0. The molecule has 0 saturated heterocycles. The molecule has 7 heteroatoms. The summed E-state index contributed by atoms with van der Waals surface area (Å²) in [5.74, 6) is 0.259. The Morgan fingerprint density at radius 3 is 2.19 bits per heavy atom. The standard InChI is InChI=1S/C14H12BrClN2O2S/c1-17-14(10-2-6-12(16)7-3-10)18-21(19,20)13-8-4-11(15)5-9-13/h2-9H,1H3,(H,17,18). The highest BCUT2D eigenvalue weighted by molar-refractivity contribution is 9.10. The van der Waals surface area contributed by atoms with Crippen molar-refractivity contribution in [3.8, 4) is 0 Å². The van der Waals surface area contributed by atoms with Crippen molar-refractivity contribution in [2.75, 3.05) is 7.05 Å². The summed E-state index contributed by atoms with van der Waals surface area (Å²) in [5.41, 5.74) is 0.641. The fraction of sp³-hybridized carbons (Fsp3) is 0.0714. The van der Waals surface area contributed by atoms with Crippen molar-refractivity contribution >= 4 is 43.4 Å². The van der Waals surface area contributed by atoms with E-state index in [0.717, 1.165) is 4.47 Å². The molecule has 0 aliphatic rings. The van der Waals surface area contributed by atoms with Crippen LogP contribution in [0.2, 0.25) is 5.02 Å². The number of halogens is 2. The van der Waals surface area contributed by atoms with Gasteiger partial charge in [-0.05, 0) is 48.5 Å². The molecular formula is C14H12BrClN2O2S. The van der Waals surface area contributed by atoms with Gasteiger partial charge in [-0.3, -0.25) is 9.71 Å². The molecule has 0 heterocycles. The van der Waals surface area contributed by atoms with Gasteiger partial charge in [-0.15, -0.1) is 0 Å². The number of sulfonamides is 1. The van der Waals surface area contributed by atoms with Gasteiger partial charge in [0.25, 0.3) is 10.0 Å². The van der Waals surface area contributed by atoms with Crippen molar-refractivity contribution in [1.29, 1.82) is 0 Å². The molecule has 0 bridgehead atoms. The van der Waals surface area contributed by atoms with Crippen LogP contribution in [0, 0.1) is 0 Å². The number of rotatable bonds is 3. The van der Waals surface area contributed by atoms with Crippen LogP contribution >= 0.6 is 27.5 Å². The van der Waals surface area contributed by atoms with E-state index in [2.05, 4.69) is 25.6 Å². The highest BCUT2D eigenvalue weighted by atomic mass is 79.9. The predicted octanol–water partition coefficient (Wildman–Crippen LogP) is 3.46. The highest BCUT2D eigenvalue weighted by Gasteiger charge is 2.16. The fourth-order valence-electron chi connectivity index (χ4n) is 1.64. The van der Waals surface area contributed by atoms with Gasteiger partial charge >= 0.3 is 0 Å². The molecule has 0 unspecified atom stereocenters. The van der Waals surface area contributed by atoms with Crippen molar-refractivity contribution in [2.24, 2.45) is 4.99 Å². The van der Waals surface area contributed by atoms with Gasteiger partial charge in [-0.1, -0.05) is 27.5 Å².